The minimum Gasteiger partial charge on any atom is -0.493 e. The zero-order chi connectivity index (χ0) is 23.2. The van der Waals surface area contributed by atoms with Crippen molar-refractivity contribution < 1.29 is 22.7 Å². The SMILES string of the molecule is CCN(CC)C(=O)CN(c1ccc(Cl)cc1C#N)S(=O)(=O)c1ccc(OC)c(OC)c1. The molecule has 0 N–H and O–H groups in total. The molecule has 2 aromatic rings. The Balaban J connectivity index is 2.67. The molecule has 0 atom stereocenters. The van der Waals surface area contributed by atoms with Crippen LogP contribution >= 0.6 is 11.6 Å². The van der Waals surface area contributed by atoms with E-state index in [2.05, 4.69) is 0 Å². The van der Waals surface area contributed by atoms with Gasteiger partial charge in [-0.15, -0.1) is 0 Å². The summed E-state index contributed by atoms with van der Waals surface area (Å²) in [4.78, 5) is 14.2. The number of ether oxygens (including phenoxy) is 2. The quantitative estimate of drug-likeness (QED) is 0.563. The van der Waals surface area contributed by atoms with Gasteiger partial charge in [0.1, 0.15) is 12.6 Å². The smallest absolute Gasteiger partial charge is 0.264 e. The second kappa shape index (κ2) is 10.4. The fraction of sp³-hybridized carbons (Fsp3) is 0.333. The molecular formula is C21H24ClN3O5S. The normalized spacial score (nSPS) is 10.8. The number of amides is 1. The van der Waals surface area contributed by atoms with Gasteiger partial charge in [0.25, 0.3) is 10.0 Å². The first-order valence-corrected chi connectivity index (χ1v) is 11.3. The number of benzene rings is 2. The van der Waals surface area contributed by atoms with E-state index < -0.39 is 22.5 Å². The molecule has 0 saturated carbocycles. The van der Waals surface area contributed by atoms with E-state index in [4.69, 9.17) is 21.1 Å². The van der Waals surface area contributed by atoms with Crippen molar-refractivity contribution >= 4 is 33.2 Å². The highest BCUT2D eigenvalue weighted by molar-refractivity contribution is 7.92. The molecule has 1 amide bonds. The Bertz CT molecular complexity index is 1090. The van der Waals surface area contributed by atoms with Crippen LogP contribution in [-0.4, -0.2) is 53.1 Å². The monoisotopic (exact) mass is 465 g/mol. The van der Waals surface area contributed by atoms with Crippen molar-refractivity contribution in [2.24, 2.45) is 0 Å². The number of hydrogen-bond donors (Lipinski definition) is 0. The van der Waals surface area contributed by atoms with Gasteiger partial charge in [0.05, 0.1) is 30.4 Å². The Morgan fingerprint density at radius 2 is 1.71 bits per heavy atom. The number of nitrogens with zero attached hydrogens (tertiary/aromatic N) is 3. The molecule has 0 aliphatic heterocycles. The van der Waals surface area contributed by atoms with Gasteiger partial charge in [-0.3, -0.25) is 9.10 Å². The Labute approximate surface area is 187 Å². The molecule has 0 heterocycles. The first-order chi connectivity index (χ1) is 14.7. The lowest BCUT2D eigenvalue weighted by molar-refractivity contribution is -0.129. The average Bonchev–Trinajstić information content (AvgIpc) is 2.77. The fourth-order valence-corrected chi connectivity index (χ4v) is 4.64. The third-order valence-electron chi connectivity index (χ3n) is 4.69. The Morgan fingerprint density at radius 1 is 1.06 bits per heavy atom. The third-order valence-corrected chi connectivity index (χ3v) is 6.68. The molecule has 2 aromatic carbocycles. The standard InChI is InChI=1S/C21H24ClN3O5S/c1-5-24(6-2)21(26)14-25(18-9-7-16(22)11-15(18)13-23)31(27,28)17-8-10-19(29-3)20(12-17)30-4/h7-12H,5-6,14H2,1-4H3. The zero-order valence-corrected chi connectivity index (χ0v) is 19.3. The predicted molar refractivity (Wildman–Crippen MR) is 118 cm³/mol. The molecule has 8 nitrogen and oxygen atoms in total. The maximum absolute atomic E-state index is 13.6. The summed E-state index contributed by atoms with van der Waals surface area (Å²) in [6.45, 7) is 3.97. The second-order valence-corrected chi connectivity index (χ2v) is 8.67. The molecule has 166 valence electrons. The summed E-state index contributed by atoms with van der Waals surface area (Å²) in [5.74, 6) is 0.180. The molecule has 0 bridgehead atoms. The van der Waals surface area contributed by atoms with E-state index in [1.165, 1.54) is 55.5 Å². The second-order valence-electron chi connectivity index (χ2n) is 6.37. The minimum absolute atomic E-state index is 0.0314. The molecule has 2 rings (SSSR count). The number of halogens is 1. The summed E-state index contributed by atoms with van der Waals surface area (Å²) in [6.07, 6.45) is 0. The summed E-state index contributed by atoms with van der Waals surface area (Å²) in [5, 5.41) is 9.83. The number of hydrogen-bond acceptors (Lipinski definition) is 6. The van der Waals surface area contributed by atoms with Gasteiger partial charge in [-0.2, -0.15) is 5.26 Å². The van der Waals surface area contributed by atoms with Crippen molar-refractivity contribution in [1.82, 2.24) is 4.90 Å². The molecule has 10 heteroatoms. The molecule has 0 spiro atoms. The maximum Gasteiger partial charge on any atom is 0.264 e. The Kier molecular flexibility index (Phi) is 8.14. The number of anilines is 1. The highest BCUT2D eigenvalue weighted by Gasteiger charge is 2.31. The molecule has 0 aromatic heterocycles. The molecule has 31 heavy (non-hydrogen) atoms. The summed E-state index contributed by atoms with van der Waals surface area (Å²) in [5.41, 5.74) is 0.0890. The van der Waals surface area contributed by atoms with E-state index in [1.807, 2.05) is 6.07 Å². The number of methoxy groups -OCH3 is 2. The van der Waals surface area contributed by atoms with Gasteiger partial charge in [-0.05, 0) is 44.2 Å². The first kappa shape index (κ1) is 24.3. The van der Waals surface area contributed by atoms with Crippen molar-refractivity contribution in [1.29, 1.82) is 5.26 Å². The number of nitriles is 1. The van der Waals surface area contributed by atoms with Crippen LogP contribution in [0.25, 0.3) is 0 Å². The number of carbonyl (C=O) groups is 1. The Morgan fingerprint density at radius 3 is 2.26 bits per heavy atom. The third kappa shape index (κ3) is 5.21. The predicted octanol–water partition coefficient (Wildman–Crippen LogP) is 3.29. The topological polar surface area (TPSA) is 99.9 Å². The summed E-state index contributed by atoms with van der Waals surface area (Å²) in [6, 6.07) is 10.3. The van der Waals surface area contributed by atoms with Crippen LogP contribution in [0, 0.1) is 11.3 Å². The lowest BCUT2D eigenvalue weighted by Gasteiger charge is -2.28. The van der Waals surface area contributed by atoms with Crippen molar-refractivity contribution in [2.75, 3.05) is 38.2 Å². The average molecular weight is 466 g/mol. The van der Waals surface area contributed by atoms with Crippen LogP contribution in [0.5, 0.6) is 11.5 Å². The van der Waals surface area contributed by atoms with Crippen molar-refractivity contribution in [3.63, 3.8) is 0 Å². The highest BCUT2D eigenvalue weighted by atomic mass is 35.5. The van der Waals surface area contributed by atoms with E-state index in [9.17, 15) is 18.5 Å². The van der Waals surface area contributed by atoms with Crippen LogP contribution in [0.3, 0.4) is 0 Å². The van der Waals surface area contributed by atoms with Gasteiger partial charge in [-0.1, -0.05) is 11.6 Å². The van der Waals surface area contributed by atoms with Crippen molar-refractivity contribution in [3.8, 4) is 17.6 Å². The summed E-state index contributed by atoms with van der Waals surface area (Å²) >= 11 is 5.98. The van der Waals surface area contributed by atoms with E-state index in [0.717, 1.165) is 4.31 Å². The van der Waals surface area contributed by atoms with E-state index >= 15 is 0 Å². The van der Waals surface area contributed by atoms with Gasteiger partial charge in [0, 0.05) is 24.2 Å². The molecule has 0 aliphatic carbocycles. The van der Waals surface area contributed by atoms with Crippen LogP contribution < -0.4 is 13.8 Å². The lowest BCUT2D eigenvalue weighted by Crippen LogP contribution is -2.43. The van der Waals surface area contributed by atoms with Crippen LogP contribution in [0.15, 0.2) is 41.3 Å². The van der Waals surface area contributed by atoms with Crippen molar-refractivity contribution in [3.05, 3.63) is 47.0 Å². The van der Waals surface area contributed by atoms with Crippen LogP contribution in [0.1, 0.15) is 19.4 Å². The molecule has 0 aliphatic rings. The Hall–Kier alpha value is -2.96. The minimum atomic E-state index is -4.25. The molecule has 0 unspecified atom stereocenters. The number of likely N-dealkylation sites (N-methyl/N-ethyl adjacent to an activating group) is 1. The van der Waals surface area contributed by atoms with Gasteiger partial charge >= 0.3 is 0 Å². The number of sulfonamides is 1. The number of carbonyl (C=O) groups excluding carboxylic acids is 1. The van der Waals surface area contributed by atoms with Gasteiger partial charge < -0.3 is 14.4 Å². The molecule has 0 saturated heterocycles. The largest absolute Gasteiger partial charge is 0.493 e. The zero-order valence-electron chi connectivity index (χ0n) is 17.8. The van der Waals surface area contributed by atoms with Gasteiger partial charge in [0.2, 0.25) is 5.91 Å². The summed E-state index contributed by atoms with van der Waals surface area (Å²) in [7, 11) is -1.42. The van der Waals surface area contributed by atoms with Crippen LogP contribution in [-0.2, 0) is 14.8 Å². The van der Waals surface area contributed by atoms with Crippen LogP contribution in [0.2, 0.25) is 5.02 Å². The van der Waals surface area contributed by atoms with Gasteiger partial charge in [-0.25, -0.2) is 8.42 Å². The lowest BCUT2D eigenvalue weighted by atomic mass is 10.2. The van der Waals surface area contributed by atoms with E-state index in [0.29, 0.717) is 18.8 Å². The highest BCUT2D eigenvalue weighted by Crippen LogP contribution is 2.33. The van der Waals surface area contributed by atoms with E-state index in [1.54, 1.807) is 13.8 Å². The molecule has 0 radical (unpaired) electrons. The van der Waals surface area contributed by atoms with Crippen LogP contribution in [0.4, 0.5) is 5.69 Å². The fourth-order valence-electron chi connectivity index (χ4n) is 3.02. The van der Waals surface area contributed by atoms with E-state index in [-0.39, 0.29) is 26.9 Å². The maximum atomic E-state index is 13.6. The molecule has 0 fully saturated rings. The number of rotatable bonds is 9. The van der Waals surface area contributed by atoms with Crippen molar-refractivity contribution in [2.45, 2.75) is 18.7 Å². The first-order valence-electron chi connectivity index (χ1n) is 9.45. The van der Waals surface area contributed by atoms with Gasteiger partial charge in [0.15, 0.2) is 11.5 Å². The summed E-state index contributed by atoms with van der Waals surface area (Å²) < 4.78 is 38.5. The molecular weight excluding hydrogens is 442 g/mol.